The van der Waals surface area contributed by atoms with Gasteiger partial charge in [-0.05, 0) is 0 Å². The van der Waals surface area contributed by atoms with E-state index in [2.05, 4.69) is 109 Å². The number of H-pyrrole nitrogens is 2. The van der Waals surface area contributed by atoms with Gasteiger partial charge in [0.15, 0.2) is 118 Å². The number of halogens is 3. The molecule has 0 radical (unpaired) electrons. The van der Waals surface area contributed by atoms with Gasteiger partial charge in [-0.25, -0.2) is 92.2 Å². The molecule has 700 valence electrons. The molecule has 10 aliphatic rings. The Hall–Kier alpha value is -7.52. The van der Waals surface area contributed by atoms with Gasteiger partial charge < -0.3 is 107 Å². The van der Waals surface area contributed by atoms with Crippen LogP contribution in [0.3, 0.4) is 0 Å². The first-order valence-corrected chi connectivity index (χ1v) is 46.9. The van der Waals surface area contributed by atoms with Crippen molar-refractivity contribution >= 4 is 145 Å². The molecule has 10 aliphatic heterocycles. The van der Waals surface area contributed by atoms with Gasteiger partial charge in [0.2, 0.25) is 0 Å². The maximum absolute atomic E-state index is 15.9. The van der Waals surface area contributed by atoms with Crippen molar-refractivity contribution in [2.45, 2.75) is 148 Å². The second-order valence-corrected chi connectivity index (χ2v) is 38.2. The maximum atomic E-state index is 15.9. The normalized spacial score (nSPS) is 35.2. The fourth-order valence-electron chi connectivity index (χ4n) is 16.2. The Morgan fingerprint density at radius 2 is 0.851 bits per heavy atom. The van der Waals surface area contributed by atoms with Gasteiger partial charge in [-0.2, -0.15) is 49.2 Å². The van der Waals surface area contributed by atoms with Gasteiger partial charge >= 0.3 is 120 Å². The number of nitrogens with one attached hydrogen (secondary N) is 5. The Morgan fingerprint density at radius 3 is 1.29 bits per heavy atom. The molecule has 22 heterocycles. The fourth-order valence-corrected chi connectivity index (χ4v) is 22.0. The second kappa shape index (κ2) is 37.6. The number of anilines is 4. The Bertz CT molecular complexity index is 6880. The third-order valence-corrected chi connectivity index (χ3v) is 28.2. The summed E-state index contributed by atoms with van der Waals surface area (Å²) in [5.74, 6) is 0.134. The van der Waals surface area contributed by atoms with Crippen LogP contribution in [0.15, 0.2) is 79.1 Å². The summed E-state index contributed by atoms with van der Waals surface area (Å²) in [5, 5.41) is 13.6. The van der Waals surface area contributed by atoms with Gasteiger partial charge in [0.05, 0.1) is 76.1 Å². The van der Waals surface area contributed by atoms with Crippen LogP contribution in [0, 0.1) is 0 Å². The molecule has 1 spiro atoms. The summed E-state index contributed by atoms with van der Waals surface area (Å²) in [6, 6.07) is 0. The first-order chi connectivity index (χ1) is 62.5. The first-order valence-electron chi connectivity index (χ1n) is 38.3. The van der Waals surface area contributed by atoms with Crippen molar-refractivity contribution in [3.8, 4) is 0 Å². The fraction of sp³-hybridized carbons (Fsp3) is 0.517. The van der Waals surface area contributed by atoms with Crippen molar-refractivity contribution in [3.05, 3.63) is 90.2 Å². The van der Waals surface area contributed by atoms with Crippen LogP contribution in [0.5, 0.6) is 0 Å². The quantitative estimate of drug-likeness (QED) is 0.0551. The number of nitrogen functional groups attached to an aromatic ring is 4. The minimum atomic E-state index is -5.29. The molecule has 25 atom stereocenters. The van der Waals surface area contributed by atoms with E-state index in [0.29, 0.717) is 0 Å². The van der Waals surface area contributed by atoms with Crippen LogP contribution < -0.4 is 152 Å². The molecule has 134 heavy (non-hydrogen) atoms. The number of aromatic amines is 2. The molecule has 13 N–H and O–H groups in total. The van der Waals surface area contributed by atoms with E-state index >= 15 is 13.2 Å². The van der Waals surface area contributed by atoms with E-state index in [1.54, 1.807) is 0 Å². The summed E-state index contributed by atoms with van der Waals surface area (Å²) >= 11 is 0. The van der Waals surface area contributed by atoms with E-state index in [4.69, 9.17) is 95.8 Å². The summed E-state index contributed by atoms with van der Waals surface area (Å²) in [4.78, 5) is 121. The van der Waals surface area contributed by atoms with Gasteiger partial charge in [0.25, 0.3) is 34.6 Å². The average molecular weight is 2030 g/mol. The van der Waals surface area contributed by atoms with E-state index in [0.717, 1.165) is 39.1 Å². The minimum absolute atomic E-state index is 0. The van der Waals surface area contributed by atoms with E-state index in [1.807, 2.05) is 0 Å². The number of hydrogen-bond donors (Lipinski definition) is 9. The molecule has 10 saturated heterocycles. The number of nitrogens with two attached hydrogens (primary N) is 4. The molecule has 0 amide bonds. The molecular weight excluding hydrogens is 1960 g/mol. The Labute approximate surface area is 809 Å². The van der Waals surface area contributed by atoms with Crippen molar-refractivity contribution in [3.63, 3.8) is 0 Å². The molecule has 3 unspecified atom stereocenters. The number of phosphoric acid groups is 3. The standard InChI is InChI=1S/C21H23FN11O10PS.C20H22FN10O10PS.C19H21FN11O10PS.3Na/c22-10-13-8(40-19(10)32-6-29-11-15(23)25-4-27-17(11)32)1-31-45(36,37)43-21-3-38-14(21)20(41-9(21)2-39-44(34,35)42-13)33-7-30-12-16(24)26-5-28-18(12)33;21-13-16-10(39-20(13)31-7-26-15-17(22)23-5-24-18(15)31)3-28-43(35,36)41-9-1-12(38-11(9)4-37-42(33,34)40-16)30-6-25-14-8(30)2-27-29-19(14)32;20-11-14-8(39-19(11)30-6-26-12-15(21)22-4-23-16(12)30)2-27-43(35,36)41-7-1-10(38-9(7)3-37-42(33,34)40-14)31-17-13(28-29-31)18(32)25-5-24-17;;;/h4-10,13-14,19-20,31H,1-3H2,(H,34,35)(H2,23,25,27)(H2,24,26,28);2,5-7,9-13,16,20,28H,1,3-4H2,(H,29,32)(H,33,34)(H2,22,23,24);4-11,14,19,27H,1-3H2,(H,33,34)(H2,21,22,23)(H,24,25,32);;;/q;;;3*+1/p-3/t8-,9-,10-,13-,14+,19-,20-,21-;9-,10+,11+,12+,13+,16+,20+;7-,8+,9+,10+,11+,14+,19+;;;/m100.../s1. The Kier molecular flexibility index (Phi) is 27.5. The third-order valence-electron chi connectivity index (χ3n) is 22.2. The zero-order valence-corrected chi connectivity index (χ0v) is 79.5. The van der Waals surface area contributed by atoms with Crippen LogP contribution in [-0.2, 0) is 117 Å². The van der Waals surface area contributed by atoms with E-state index in [-0.39, 0.29) is 198 Å². The van der Waals surface area contributed by atoms with Gasteiger partial charge in [-0.15, -0.1) is 5.10 Å². The number of nitrogens with zero attached hydrogens (tertiary/aromatic N) is 23. The number of alkyl halides is 3. The SMILES string of the molecule is Nc1ncnc2c1ncn2[C@@H]1O[C@@H]2CNS(=O)(=O)O[C@@]34CO[C@H]3[C@H](n3cnc5c(N)ncnc53)O[C@@H]4COP(=O)([O-])O[C@H]2[C@H]1F.Nc1ncnc2c1ncn2[C@@H]1O[C@@H]2CNS(=O)(=O)O[C@H]3C[C@H](n4cnc5c(=O)[nH]ncc54)O[C@@H]3COP(=O)([O-])O[C@H]2[C@H]1F.Nc1ncnc2c1ncn2[C@@H]1O[C@@H]2CNS(=O)(=O)O[C@H]3C[C@H](n4nnc5c(=O)[nH]cnc54)O[C@@H]3COP(=O)([O-])O[C@H]2[C@H]1F.[Na+].[Na+].[Na+]. The van der Waals surface area contributed by atoms with Crippen LogP contribution in [0.4, 0.5) is 36.4 Å². The molecule has 10 fully saturated rings. The van der Waals surface area contributed by atoms with Crippen molar-refractivity contribution in [2.75, 3.05) is 69.0 Å². The van der Waals surface area contributed by atoms with Crippen molar-refractivity contribution < 1.29 is 228 Å². The summed E-state index contributed by atoms with van der Waals surface area (Å²) in [6.07, 6.45) is -18.9. The molecule has 12 aromatic heterocycles. The maximum Gasteiger partial charge on any atom is 1.00 e. The minimum Gasteiger partial charge on any atom is -0.756 e. The number of phosphoric ester groups is 3. The van der Waals surface area contributed by atoms with E-state index in [9.17, 15) is 63.2 Å². The third kappa shape index (κ3) is 18.6. The number of hydrogen-bond acceptors (Lipinski definition) is 51. The number of imidazole rings is 5. The molecule has 0 aliphatic carbocycles. The topological polar surface area (TPSA) is 825 Å². The molecule has 0 aromatic carbocycles. The number of fused-ring (bicyclic) bond motifs is 11. The summed E-state index contributed by atoms with van der Waals surface area (Å²) in [7, 11) is -29.5. The van der Waals surface area contributed by atoms with E-state index < -0.39 is 240 Å². The van der Waals surface area contributed by atoms with Crippen LogP contribution in [0.25, 0.3) is 66.9 Å². The van der Waals surface area contributed by atoms with Crippen molar-refractivity contribution in [1.29, 1.82) is 0 Å². The first kappa shape index (κ1) is 98.1. The molecular formula is C60H63F3N32Na3O30P3S3. The average Bonchev–Trinajstić information content (AvgIpc) is 1.54. The molecule has 62 nitrogen and oxygen atoms in total. The predicted molar refractivity (Wildman–Crippen MR) is 410 cm³/mol. The number of aromatic nitrogens is 25. The second-order valence-electron chi connectivity index (χ2n) is 30.0. The monoisotopic (exact) mass is 2030 g/mol. The van der Waals surface area contributed by atoms with Crippen LogP contribution in [-0.4, -0.2) is 291 Å². The number of ether oxygens (including phenoxy) is 7. The van der Waals surface area contributed by atoms with Crippen LogP contribution >= 0.6 is 23.5 Å². The zero-order valence-electron chi connectivity index (χ0n) is 68.4. The predicted octanol–water partition coefficient (Wildman–Crippen LogP) is -15.4. The summed E-state index contributed by atoms with van der Waals surface area (Å²) in [5.41, 5.74) is 21.8. The molecule has 12 aromatic rings. The van der Waals surface area contributed by atoms with Gasteiger partial charge in [0.1, 0.15) is 127 Å². The Morgan fingerprint density at radius 1 is 0.448 bits per heavy atom. The van der Waals surface area contributed by atoms with Gasteiger partial charge in [0, 0.05) is 32.5 Å². The summed E-state index contributed by atoms with van der Waals surface area (Å²) < 4.78 is 266. The Balaban J connectivity index is 0.000000138. The van der Waals surface area contributed by atoms with Gasteiger partial charge in [-0.1, -0.05) is 5.21 Å². The van der Waals surface area contributed by atoms with E-state index in [1.165, 1.54) is 57.9 Å². The molecule has 74 heteroatoms. The van der Waals surface area contributed by atoms with Crippen LogP contribution in [0.2, 0.25) is 0 Å². The van der Waals surface area contributed by atoms with Crippen molar-refractivity contribution in [1.82, 2.24) is 137 Å². The van der Waals surface area contributed by atoms with Crippen LogP contribution in [0.1, 0.15) is 50.2 Å². The zero-order chi connectivity index (χ0) is 91.5. The smallest absolute Gasteiger partial charge is 0.756 e. The number of rotatable bonds is 6. The summed E-state index contributed by atoms with van der Waals surface area (Å²) in [6.45, 7) is -4.58. The molecule has 0 saturated carbocycles. The van der Waals surface area contributed by atoms with Crippen molar-refractivity contribution in [2.24, 2.45) is 0 Å². The molecule has 0 bridgehead atoms. The molecule has 22 rings (SSSR count). The van der Waals surface area contributed by atoms with Gasteiger partial charge in [-0.3, -0.25) is 49.9 Å². The largest absolute Gasteiger partial charge is 1.00 e.